The second-order valence-corrected chi connectivity index (χ2v) is 7.74. The number of hydrogen-bond donors (Lipinski definition) is 3. The summed E-state index contributed by atoms with van der Waals surface area (Å²) < 4.78 is 2.53. The number of primary amides is 1. The van der Waals surface area contributed by atoms with Gasteiger partial charge in [0.15, 0.2) is 0 Å². The van der Waals surface area contributed by atoms with Gasteiger partial charge in [0, 0.05) is 28.9 Å². The molecule has 0 fully saturated rings. The van der Waals surface area contributed by atoms with E-state index in [4.69, 9.17) is 5.73 Å². The van der Waals surface area contributed by atoms with Gasteiger partial charge in [-0.1, -0.05) is 12.1 Å². The normalized spacial score (nSPS) is 11.6. The van der Waals surface area contributed by atoms with Crippen LogP contribution in [0.3, 0.4) is 0 Å². The molecule has 4 aromatic rings. The molecule has 0 aliphatic heterocycles. The standard InChI is InChI=1S/C23H20N4O4/c1-23(2,30)19-9-8-15(12-27(19)31)14-5-3-6-16(11-14)26-13-18(21(24)29)20(28)17-7-4-10-25-22(17)26/h3-13,30H,1-2H3,(H2-,24,29,31)/p+1. The first kappa shape index (κ1) is 20.2. The number of amides is 1. The van der Waals surface area contributed by atoms with Gasteiger partial charge in [-0.25, -0.2) is 4.98 Å². The second kappa shape index (κ2) is 7.33. The molecule has 31 heavy (non-hydrogen) atoms. The Labute approximate surface area is 177 Å². The second-order valence-electron chi connectivity index (χ2n) is 7.74. The molecule has 0 atom stereocenters. The van der Waals surface area contributed by atoms with Gasteiger partial charge < -0.3 is 15.4 Å². The van der Waals surface area contributed by atoms with E-state index in [0.717, 1.165) is 10.3 Å². The van der Waals surface area contributed by atoms with E-state index in [1.165, 1.54) is 12.4 Å². The predicted octanol–water partition coefficient (Wildman–Crippen LogP) is 1.90. The van der Waals surface area contributed by atoms with Gasteiger partial charge in [0.2, 0.25) is 11.6 Å². The molecule has 156 valence electrons. The lowest BCUT2D eigenvalue weighted by Crippen LogP contribution is -2.41. The van der Waals surface area contributed by atoms with Crippen LogP contribution in [0.15, 0.2) is 71.9 Å². The molecule has 8 nitrogen and oxygen atoms in total. The third-order valence-electron chi connectivity index (χ3n) is 5.04. The van der Waals surface area contributed by atoms with Crippen molar-refractivity contribution in [2.45, 2.75) is 19.4 Å². The Balaban J connectivity index is 1.90. The Kier molecular flexibility index (Phi) is 4.79. The maximum atomic E-state index is 12.6. The van der Waals surface area contributed by atoms with Crippen LogP contribution in [0.4, 0.5) is 0 Å². The zero-order chi connectivity index (χ0) is 22.3. The van der Waals surface area contributed by atoms with Crippen molar-refractivity contribution < 1.29 is 19.8 Å². The molecule has 0 bridgehead atoms. The number of pyridine rings is 3. The largest absolute Gasteiger partial charge is 0.379 e. The number of rotatable bonds is 4. The van der Waals surface area contributed by atoms with E-state index in [2.05, 4.69) is 4.98 Å². The van der Waals surface area contributed by atoms with Crippen molar-refractivity contribution >= 4 is 16.9 Å². The number of aromatic nitrogens is 3. The number of fused-ring (bicyclic) bond motifs is 1. The van der Waals surface area contributed by atoms with E-state index in [0.29, 0.717) is 22.6 Å². The number of carbonyl (C=O) groups excluding carboxylic acids is 1. The molecule has 3 heterocycles. The van der Waals surface area contributed by atoms with Crippen LogP contribution in [-0.2, 0) is 5.60 Å². The average Bonchev–Trinajstić information content (AvgIpc) is 2.73. The molecular formula is C23H21N4O4+. The first-order valence-corrected chi connectivity index (χ1v) is 9.55. The van der Waals surface area contributed by atoms with E-state index < -0.39 is 16.9 Å². The average molecular weight is 417 g/mol. The summed E-state index contributed by atoms with van der Waals surface area (Å²) in [5.41, 5.74) is 6.47. The summed E-state index contributed by atoms with van der Waals surface area (Å²) in [4.78, 5) is 28.7. The van der Waals surface area contributed by atoms with E-state index in [1.54, 1.807) is 48.9 Å². The highest BCUT2D eigenvalue weighted by Crippen LogP contribution is 2.25. The Morgan fingerprint density at radius 1 is 1.13 bits per heavy atom. The molecule has 0 saturated carbocycles. The molecule has 0 aliphatic carbocycles. The fourth-order valence-corrected chi connectivity index (χ4v) is 3.51. The van der Waals surface area contributed by atoms with Crippen molar-refractivity contribution in [3.8, 4) is 16.8 Å². The summed E-state index contributed by atoms with van der Waals surface area (Å²) in [6.07, 6.45) is 4.46. The van der Waals surface area contributed by atoms with Crippen LogP contribution in [0.1, 0.15) is 29.9 Å². The number of aliphatic hydroxyl groups is 1. The summed E-state index contributed by atoms with van der Waals surface area (Å²) in [7, 11) is 0. The molecule has 8 heteroatoms. The molecule has 3 aromatic heterocycles. The molecule has 0 unspecified atom stereocenters. The minimum absolute atomic E-state index is 0.131. The minimum atomic E-state index is -1.21. The quantitative estimate of drug-likeness (QED) is 0.346. The SMILES string of the molecule is CC(C)(O)c1ccc(-c2cccc(-n3cc(C(N)=O)c(=O)c4cccnc43)c2)c[n+]1O. The van der Waals surface area contributed by atoms with Crippen LogP contribution in [0.25, 0.3) is 27.8 Å². The van der Waals surface area contributed by atoms with Crippen molar-refractivity contribution in [1.29, 1.82) is 0 Å². The Bertz CT molecular complexity index is 1390. The summed E-state index contributed by atoms with van der Waals surface area (Å²) >= 11 is 0. The summed E-state index contributed by atoms with van der Waals surface area (Å²) in [5, 5.41) is 20.7. The number of benzene rings is 1. The maximum absolute atomic E-state index is 12.6. The topological polar surface area (TPSA) is 122 Å². The van der Waals surface area contributed by atoms with Gasteiger partial charge in [-0.15, -0.1) is 0 Å². The number of nitrogens with two attached hydrogens (primary N) is 1. The van der Waals surface area contributed by atoms with Crippen molar-refractivity contribution in [1.82, 2.24) is 9.55 Å². The molecule has 0 saturated heterocycles. The lowest BCUT2D eigenvalue weighted by Gasteiger charge is -2.14. The van der Waals surface area contributed by atoms with Gasteiger partial charge in [0.05, 0.1) is 10.9 Å². The summed E-state index contributed by atoms with van der Waals surface area (Å²) in [6, 6.07) is 14.0. The summed E-state index contributed by atoms with van der Waals surface area (Å²) in [5.74, 6) is -0.816. The Morgan fingerprint density at radius 3 is 2.58 bits per heavy atom. The van der Waals surface area contributed by atoms with Crippen molar-refractivity contribution in [3.05, 3.63) is 88.6 Å². The van der Waals surface area contributed by atoms with Gasteiger partial charge in [0.1, 0.15) is 16.8 Å². The molecule has 0 aliphatic rings. The van der Waals surface area contributed by atoms with Crippen LogP contribution in [-0.4, -0.2) is 25.8 Å². The van der Waals surface area contributed by atoms with Gasteiger partial charge in [-0.2, -0.15) is 0 Å². The highest BCUT2D eigenvalue weighted by molar-refractivity contribution is 5.96. The van der Waals surface area contributed by atoms with Crippen LogP contribution in [0.5, 0.6) is 0 Å². The molecule has 0 radical (unpaired) electrons. The zero-order valence-corrected chi connectivity index (χ0v) is 17.0. The van der Waals surface area contributed by atoms with Crippen LogP contribution < -0.4 is 15.9 Å². The van der Waals surface area contributed by atoms with E-state index in [-0.39, 0.29) is 10.9 Å². The van der Waals surface area contributed by atoms with E-state index in [1.807, 2.05) is 24.3 Å². The zero-order valence-electron chi connectivity index (χ0n) is 17.0. The number of hydrogen-bond acceptors (Lipinski definition) is 5. The molecule has 1 aromatic carbocycles. The third kappa shape index (κ3) is 3.64. The number of carbonyl (C=O) groups is 1. The fourth-order valence-electron chi connectivity index (χ4n) is 3.51. The number of nitrogens with zero attached hydrogens (tertiary/aromatic N) is 3. The lowest BCUT2D eigenvalue weighted by molar-refractivity contribution is -0.912. The molecule has 4 N–H and O–H groups in total. The van der Waals surface area contributed by atoms with E-state index in [9.17, 15) is 19.9 Å². The molecule has 0 spiro atoms. The highest BCUT2D eigenvalue weighted by Gasteiger charge is 2.28. The molecule has 1 amide bonds. The smallest absolute Gasteiger partial charge is 0.264 e. The first-order valence-electron chi connectivity index (χ1n) is 9.55. The third-order valence-corrected chi connectivity index (χ3v) is 5.04. The molecular weight excluding hydrogens is 396 g/mol. The predicted molar refractivity (Wildman–Crippen MR) is 114 cm³/mol. The van der Waals surface area contributed by atoms with Crippen molar-refractivity contribution in [2.75, 3.05) is 0 Å². The lowest BCUT2D eigenvalue weighted by atomic mass is 10.0. The van der Waals surface area contributed by atoms with E-state index >= 15 is 0 Å². The molecule has 4 rings (SSSR count). The van der Waals surface area contributed by atoms with Gasteiger partial charge >= 0.3 is 0 Å². The Morgan fingerprint density at radius 2 is 1.90 bits per heavy atom. The van der Waals surface area contributed by atoms with Gasteiger partial charge in [-0.3, -0.25) is 14.8 Å². The van der Waals surface area contributed by atoms with Crippen molar-refractivity contribution in [3.63, 3.8) is 0 Å². The van der Waals surface area contributed by atoms with Crippen LogP contribution >= 0.6 is 0 Å². The van der Waals surface area contributed by atoms with Crippen LogP contribution in [0.2, 0.25) is 0 Å². The van der Waals surface area contributed by atoms with Crippen LogP contribution in [0, 0.1) is 0 Å². The summed E-state index contributed by atoms with van der Waals surface area (Å²) in [6.45, 7) is 3.17. The fraction of sp³-hybridized carbons (Fsp3) is 0.130. The van der Waals surface area contributed by atoms with Gasteiger partial charge in [0.25, 0.3) is 11.6 Å². The van der Waals surface area contributed by atoms with Crippen molar-refractivity contribution in [2.24, 2.45) is 5.73 Å². The van der Waals surface area contributed by atoms with Gasteiger partial charge in [-0.05, 0) is 49.7 Å². The first-order chi connectivity index (χ1) is 14.7. The highest BCUT2D eigenvalue weighted by atomic mass is 16.5. The Hall–Kier alpha value is -4.04. The minimum Gasteiger partial charge on any atom is -0.379 e. The monoisotopic (exact) mass is 417 g/mol. The maximum Gasteiger partial charge on any atom is 0.264 e.